The Labute approximate surface area is 118 Å². The highest BCUT2D eigenvalue weighted by Gasteiger charge is 2.18. The molecule has 0 saturated carbocycles. The average Bonchev–Trinajstić information content (AvgIpc) is 2.46. The minimum atomic E-state index is -0.907. The van der Waals surface area contributed by atoms with E-state index in [9.17, 15) is 9.59 Å². The predicted molar refractivity (Wildman–Crippen MR) is 73.7 cm³/mol. The number of nitrogens with two attached hydrogens (primary N) is 1. The molecule has 1 aromatic rings. The highest BCUT2D eigenvalue weighted by molar-refractivity contribution is 5.86. The van der Waals surface area contributed by atoms with Crippen molar-refractivity contribution in [3.63, 3.8) is 0 Å². The molecule has 1 aromatic carbocycles. The molecule has 0 radical (unpaired) electrons. The molecule has 6 heteroatoms. The van der Waals surface area contributed by atoms with E-state index < -0.39 is 17.9 Å². The lowest BCUT2D eigenvalue weighted by molar-refractivity contribution is -0.146. The maximum absolute atomic E-state index is 11.6. The van der Waals surface area contributed by atoms with Crippen molar-refractivity contribution in [2.75, 3.05) is 20.3 Å². The summed E-state index contributed by atoms with van der Waals surface area (Å²) in [7, 11) is 1.53. The maximum Gasteiger partial charge on any atom is 0.308 e. The Morgan fingerprint density at radius 3 is 2.65 bits per heavy atom. The van der Waals surface area contributed by atoms with E-state index in [0.29, 0.717) is 13.2 Å². The summed E-state index contributed by atoms with van der Waals surface area (Å²) in [6, 6.07) is 8.40. The molecule has 20 heavy (non-hydrogen) atoms. The summed E-state index contributed by atoms with van der Waals surface area (Å²) in [6.45, 7) is 0.941. The van der Waals surface area contributed by atoms with Crippen LogP contribution in [0.4, 0.5) is 0 Å². The van der Waals surface area contributed by atoms with Crippen molar-refractivity contribution in [3.05, 3.63) is 35.9 Å². The number of carbonyl (C=O) groups is 2. The fourth-order valence-corrected chi connectivity index (χ4v) is 1.48. The monoisotopic (exact) mass is 280 g/mol. The highest BCUT2D eigenvalue weighted by Crippen LogP contribution is 2.02. The molecule has 0 aromatic heterocycles. The minimum absolute atomic E-state index is 0.147. The van der Waals surface area contributed by atoms with Gasteiger partial charge in [0.1, 0.15) is 6.61 Å². The van der Waals surface area contributed by atoms with Crippen molar-refractivity contribution in [1.29, 1.82) is 0 Å². The molecule has 6 nitrogen and oxygen atoms in total. The van der Waals surface area contributed by atoms with Gasteiger partial charge in [-0.3, -0.25) is 9.59 Å². The van der Waals surface area contributed by atoms with Gasteiger partial charge in [-0.25, -0.2) is 0 Å². The number of nitrogens with one attached hydrogen (secondary N) is 1. The van der Waals surface area contributed by atoms with E-state index in [4.69, 9.17) is 15.2 Å². The Morgan fingerprint density at radius 2 is 2.00 bits per heavy atom. The molecule has 0 aliphatic heterocycles. The Hall–Kier alpha value is -1.92. The number of hydrogen-bond acceptors (Lipinski definition) is 5. The third-order valence-corrected chi connectivity index (χ3v) is 2.57. The summed E-state index contributed by atoms with van der Waals surface area (Å²) in [5, 5.41) is 2.57. The zero-order valence-electron chi connectivity index (χ0n) is 11.5. The van der Waals surface area contributed by atoms with Gasteiger partial charge in [-0.1, -0.05) is 30.3 Å². The van der Waals surface area contributed by atoms with E-state index in [2.05, 4.69) is 5.32 Å². The van der Waals surface area contributed by atoms with Crippen LogP contribution in [0.15, 0.2) is 30.3 Å². The van der Waals surface area contributed by atoms with Gasteiger partial charge < -0.3 is 20.5 Å². The first-order valence-corrected chi connectivity index (χ1v) is 6.35. The minimum Gasteiger partial charge on any atom is -0.461 e. The number of benzene rings is 1. The van der Waals surface area contributed by atoms with Crippen molar-refractivity contribution in [2.45, 2.75) is 19.1 Å². The highest BCUT2D eigenvalue weighted by atomic mass is 16.5. The van der Waals surface area contributed by atoms with Crippen LogP contribution in [0.3, 0.4) is 0 Å². The van der Waals surface area contributed by atoms with Crippen LogP contribution in [0.25, 0.3) is 0 Å². The van der Waals surface area contributed by atoms with Crippen LogP contribution in [0, 0.1) is 0 Å². The standard InChI is InChI=1S/C14H20N2O4/c1-19-8-7-16-14(18)12(15)9-13(17)20-10-11-5-3-2-4-6-11/h2-6,12H,7-10,15H2,1H3,(H,16,18). The van der Waals surface area contributed by atoms with Gasteiger partial charge >= 0.3 is 5.97 Å². The van der Waals surface area contributed by atoms with Gasteiger partial charge in [0.2, 0.25) is 5.91 Å². The van der Waals surface area contributed by atoms with Gasteiger partial charge in [-0.2, -0.15) is 0 Å². The summed E-state index contributed by atoms with van der Waals surface area (Å²) in [5.41, 5.74) is 6.50. The van der Waals surface area contributed by atoms with Crippen molar-refractivity contribution < 1.29 is 19.1 Å². The molecule has 0 aliphatic carbocycles. The summed E-state index contributed by atoms with van der Waals surface area (Å²) in [5.74, 6) is -0.887. The van der Waals surface area contributed by atoms with Gasteiger partial charge in [0.25, 0.3) is 0 Å². The maximum atomic E-state index is 11.6. The molecule has 0 spiro atoms. The number of methoxy groups -OCH3 is 1. The second-order valence-electron chi connectivity index (χ2n) is 4.24. The summed E-state index contributed by atoms with van der Waals surface area (Å²) >= 11 is 0. The molecule has 1 unspecified atom stereocenters. The first-order valence-electron chi connectivity index (χ1n) is 6.35. The lowest BCUT2D eigenvalue weighted by Crippen LogP contribution is -2.43. The van der Waals surface area contributed by atoms with Crippen LogP contribution in [0.2, 0.25) is 0 Å². The molecule has 3 N–H and O–H groups in total. The molecule has 110 valence electrons. The van der Waals surface area contributed by atoms with Gasteiger partial charge in [0, 0.05) is 13.7 Å². The quantitative estimate of drug-likeness (QED) is 0.525. The second kappa shape index (κ2) is 9.06. The Morgan fingerprint density at radius 1 is 1.30 bits per heavy atom. The zero-order chi connectivity index (χ0) is 14.8. The topological polar surface area (TPSA) is 90.6 Å². The predicted octanol–water partition coefficient (Wildman–Crippen LogP) is 0.210. The smallest absolute Gasteiger partial charge is 0.308 e. The molecule has 0 saturated heterocycles. The molecule has 0 heterocycles. The van der Waals surface area contributed by atoms with E-state index in [1.807, 2.05) is 30.3 Å². The molecule has 0 aliphatic rings. The van der Waals surface area contributed by atoms with Crippen LogP contribution >= 0.6 is 0 Å². The fourth-order valence-electron chi connectivity index (χ4n) is 1.48. The van der Waals surface area contributed by atoms with Crippen LogP contribution in [0.1, 0.15) is 12.0 Å². The third kappa shape index (κ3) is 6.31. The molecule has 0 fully saturated rings. The zero-order valence-corrected chi connectivity index (χ0v) is 11.5. The summed E-state index contributed by atoms with van der Waals surface area (Å²) in [4.78, 5) is 23.1. The number of esters is 1. The SMILES string of the molecule is COCCNC(=O)C(N)CC(=O)OCc1ccccc1. The number of ether oxygens (including phenoxy) is 2. The Bertz CT molecular complexity index is 422. The Kier molecular flexibility index (Phi) is 7.31. The first-order chi connectivity index (χ1) is 9.63. The second-order valence-corrected chi connectivity index (χ2v) is 4.24. The van der Waals surface area contributed by atoms with Gasteiger partial charge in [-0.05, 0) is 5.56 Å². The van der Waals surface area contributed by atoms with E-state index in [-0.39, 0.29) is 13.0 Å². The molecule has 1 amide bonds. The lowest BCUT2D eigenvalue weighted by Gasteiger charge is -2.11. The summed E-state index contributed by atoms with van der Waals surface area (Å²) < 4.78 is 9.84. The summed E-state index contributed by atoms with van der Waals surface area (Å²) in [6.07, 6.45) is -0.147. The van der Waals surface area contributed by atoms with Crippen molar-refractivity contribution >= 4 is 11.9 Å². The number of carbonyl (C=O) groups excluding carboxylic acids is 2. The van der Waals surface area contributed by atoms with Gasteiger partial charge in [0.05, 0.1) is 19.1 Å². The molecular formula is C14H20N2O4. The lowest BCUT2D eigenvalue weighted by atomic mass is 10.2. The van der Waals surface area contributed by atoms with E-state index in [1.54, 1.807) is 0 Å². The van der Waals surface area contributed by atoms with Crippen LogP contribution in [-0.4, -0.2) is 38.2 Å². The molecular weight excluding hydrogens is 260 g/mol. The first kappa shape index (κ1) is 16.1. The fraction of sp³-hybridized carbons (Fsp3) is 0.429. The van der Waals surface area contributed by atoms with Gasteiger partial charge in [-0.15, -0.1) is 0 Å². The van der Waals surface area contributed by atoms with Crippen LogP contribution in [-0.2, 0) is 25.7 Å². The number of hydrogen-bond donors (Lipinski definition) is 2. The van der Waals surface area contributed by atoms with Crippen molar-refractivity contribution in [2.24, 2.45) is 5.73 Å². The van der Waals surface area contributed by atoms with Gasteiger partial charge in [0.15, 0.2) is 0 Å². The van der Waals surface area contributed by atoms with Crippen molar-refractivity contribution in [1.82, 2.24) is 5.32 Å². The van der Waals surface area contributed by atoms with E-state index in [1.165, 1.54) is 7.11 Å². The normalized spacial score (nSPS) is 11.7. The van der Waals surface area contributed by atoms with Crippen molar-refractivity contribution in [3.8, 4) is 0 Å². The third-order valence-electron chi connectivity index (χ3n) is 2.57. The molecule has 1 atom stereocenters. The average molecular weight is 280 g/mol. The Balaban J connectivity index is 2.25. The van der Waals surface area contributed by atoms with Crippen LogP contribution in [0.5, 0.6) is 0 Å². The largest absolute Gasteiger partial charge is 0.461 e. The van der Waals surface area contributed by atoms with E-state index >= 15 is 0 Å². The van der Waals surface area contributed by atoms with E-state index in [0.717, 1.165) is 5.56 Å². The number of amides is 1. The van der Waals surface area contributed by atoms with Crippen LogP contribution < -0.4 is 11.1 Å². The number of rotatable bonds is 8. The molecule has 0 bridgehead atoms. The molecule has 1 rings (SSSR count).